The zero-order chi connectivity index (χ0) is 15.7. The molecule has 0 saturated heterocycles. The predicted octanol–water partition coefficient (Wildman–Crippen LogP) is 3.49. The van der Waals surface area contributed by atoms with Gasteiger partial charge in [-0.25, -0.2) is 9.98 Å². The van der Waals surface area contributed by atoms with Crippen LogP contribution in [0.5, 0.6) is 5.75 Å². The van der Waals surface area contributed by atoms with E-state index >= 15 is 0 Å². The molecule has 22 heavy (non-hydrogen) atoms. The van der Waals surface area contributed by atoms with Crippen LogP contribution in [-0.2, 0) is 5.66 Å². The lowest BCUT2D eigenvalue weighted by Gasteiger charge is -2.24. The standard InChI is InChI=1S/C17H16BrN3O/c1-11-16(19)21-17(20-11,13-4-3-5-14(18)10-13)12-6-8-15(22-2)9-7-12/h3-10H,1-2H3,(H2,19,21)/t17-/m0/s1. The number of amidine groups is 1. The highest BCUT2D eigenvalue weighted by atomic mass is 79.9. The van der Waals surface area contributed by atoms with Crippen LogP contribution in [-0.4, -0.2) is 18.7 Å². The Labute approximate surface area is 137 Å². The third-order valence-electron chi connectivity index (χ3n) is 3.70. The van der Waals surface area contributed by atoms with Crippen molar-refractivity contribution in [1.82, 2.24) is 0 Å². The highest BCUT2D eigenvalue weighted by molar-refractivity contribution is 9.10. The molecule has 2 N–H and O–H groups in total. The summed E-state index contributed by atoms with van der Waals surface area (Å²) in [6.07, 6.45) is 0. The number of hydrogen-bond donors (Lipinski definition) is 1. The molecule has 0 fully saturated rings. The second-order valence-electron chi connectivity index (χ2n) is 5.11. The molecule has 0 aliphatic carbocycles. The maximum absolute atomic E-state index is 6.01. The molecule has 2 aromatic carbocycles. The average molecular weight is 358 g/mol. The summed E-state index contributed by atoms with van der Waals surface area (Å²) in [5.41, 5.74) is 7.84. The van der Waals surface area contributed by atoms with Crippen molar-refractivity contribution in [2.75, 3.05) is 7.11 Å². The Morgan fingerprint density at radius 3 is 2.32 bits per heavy atom. The summed E-state index contributed by atoms with van der Waals surface area (Å²) in [7, 11) is 1.65. The van der Waals surface area contributed by atoms with Crippen LogP contribution in [0, 0.1) is 0 Å². The Bertz CT molecular complexity index is 748. The van der Waals surface area contributed by atoms with Crippen LogP contribution in [0.2, 0.25) is 0 Å². The zero-order valence-corrected chi connectivity index (χ0v) is 14.0. The van der Waals surface area contributed by atoms with Gasteiger partial charge in [0, 0.05) is 15.6 Å². The number of benzene rings is 2. The van der Waals surface area contributed by atoms with E-state index in [4.69, 9.17) is 15.5 Å². The highest BCUT2D eigenvalue weighted by Crippen LogP contribution is 2.39. The molecule has 0 spiro atoms. The molecule has 0 radical (unpaired) electrons. The minimum Gasteiger partial charge on any atom is -0.497 e. The van der Waals surface area contributed by atoms with Crippen LogP contribution in [0.25, 0.3) is 0 Å². The first-order chi connectivity index (χ1) is 10.5. The van der Waals surface area contributed by atoms with Gasteiger partial charge in [-0.15, -0.1) is 0 Å². The molecule has 0 bridgehead atoms. The monoisotopic (exact) mass is 357 g/mol. The lowest BCUT2D eigenvalue weighted by Crippen LogP contribution is -2.22. The molecule has 0 aromatic heterocycles. The fourth-order valence-corrected chi connectivity index (χ4v) is 2.93. The van der Waals surface area contributed by atoms with E-state index in [0.717, 1.165) is 27.1 Å². The number of rotatable bonds is 3. The molecule has 0 amide bonds. The molecule has 5 heteroatoms. The summed E-state index contributed by atoms with van der Waals surface area (Å²) < 4.78 is 6.21. The minimum absolute atomic E-state index is 0.468. The van der Waals surface area contributed by atoms with E-state index in [0.29, 0.717) is 5.84 Å². The first-order valence-electron chi connectivity index (χ1n) is 6.88. The maximum Gasteiger partial charge on any atom is 0.204 e. The number of ether oxygens (including phenoxy) is 1. The largest absolute Gasteiger partial charge is 0.497 e. The van der Waals surface area contributed by atoms with E-state index in [1.165, 1.54) is 0 Å². The van der Waals surface area contributed by atoms with Crippen LogP contribution in [0.15, 0.2) is 63.0 Å². The van der Waals surface area contributed by atoms with Crippen molar-refractivity contribution in [3.63, 3.8) is 0 Å². The summed E-state index contributed by atoms with van der Waals surface area (Å²) in [6.45, 7) is 1.88. The van der Waals surface area contributed by atoms with Crippen LogP contribution in [0.4, 0.5) is 0 Å². The van der Waals surface area contributed by atoms with E-state index in [2.05, 4.69) is 20.9 Å². The second-order valence-corrected chi connectivity index (χ2v) is 6.02. The first-order valence-corrected chi connectivity index (χ1v) is 7.67. The number of halogens is 1. The molecule has 1 heterocycles. The average Bonchev–Trinajstić information content (AvgIpc) is 2.84. The summed E-state index contributed by atoms with van der Waals surface area (Å²) in [5.74, 6) is 1.26. The molecule has 4 nitrogen and oxygen atoms in total. The van der Waals surface area contributed by atoms with Crippen LogP contribution < -0.4 is 10.5 Å². The lowest BCUT2D eigenvalue weighted by atomic mass is 9.92. The smallest absolute Gasteiger partial charge is 0.204 e. The second kappa shape index (κ2) is 5.57. The van der Waals surface area contributed by atoms with Crippen molar-refractivity contribution < 1.29 is 4.74 Å². The molecular weight excluding hydrogens is 342 g/mol. The van der Waals surface area contributed by atoms with Crippen molar-refractivity contribution in [3.05, 3.63) is 64.1 Å². The number of nitrogens with zero attached hydrogens (tertiary/aromatic N) is 2. The Kier molecular flexibility index (Phi) is 3.74. The van der Waals surface area contributed by atoms with Gasteiger partial charge in [0.25, 0.3) is 0 Å². The van der Waals surface area contributed by atoms with Crippen molar-refractivity contribution in [1.29, 1.82) is 0 Å². The molecule has 112 valence electrons. The Morgan fingerprint density at radius 1 is 1.05 bits per heavy atom. The maximum atomic E-state index is 6.01. The van der Waals surface area contributed by atoms with Gasteiger partial charge in [-0.3, -0.25) is 0 Å². The Hall–Kier alpha value is -2.14. The third-order valence-corrected chi connectivity index (χ3v) is 4.20. The molecular formula is C17H16BrN3O. The van der Waals surface area contributed by atoms with Crippen LogP contribution in [0.1, 0.15) is 18.1 Å². The van der Waals surface area contributed by atoms with Crippen LogP contribution >= 0.6 is 15.9 Å². The van der Waals surface area contributed by atoms with Gasteiger partial charge in [0.15, 0.2) is 0 Å². The van der Waals surface area contributed by atoms with Gasteiger partial charge in [-0.1, -0.05) is 40.2 Å². The summed E-state index contributed by atoms with van der Waals surface area (Å²) in [5, 5.41) is 0. The molecule has 1 aliphatic heterocycles. The summed E-state index contributed by atoms with van der Waals surface area (Å²) in [4.78, 5) is 9.43. The Morgan fingerprint density at radius 2 is 1.77 bits per heavy atom. The van der Waals surface area contributed by atoms with Gasteiger partial charge in [0.05, 0.1) is 12.8 Å². The molecule has 3 rings (SSSR count). The Balaban J connectivity index is 2.21. The van der Waals surface area contributed by atoms with Crippen molar-refractivity contribution in [2.24, 2.45) is 15.7 Å². The quantitative estimate of drug-likeness (QED) is 0.913. The van der Waals surface area contributed by atoms with Gasteiger partial charge in [0.1, 0.15) is 11.6 Å². The molecule has 2 aromatic rings. The van der Waals surface area contributed by atoms with E-state index in [-0.39, 0.29) is 0 Å². The zero-order valence-electron chi connectivity index (χ0n) is 12.4. The normalized spacial score (nSPS) is 20.5. The number of aliphatic imine (C=N–C) groups is 2. The van der Waals surface area contributed by atoms with Gasteiger partial charge in [-0.2, -0.15) is 0 Å². The topological polar surface area (TPSA) is 60.0 Å². The van der Waals surface area contributed by atoms with Crippen molar-refractivity contribution in [3.8, 4) is 5.75 Å². The van der Waals surface area contributed by atoms with E-state index < -0.39 is 5.66 Å². The van der Waals surface area contributed by atoms with Gasteiger partial charge >= 0.3 is 0 Å². The fraction of sp³-hybridized carbons (Fsp3) is 0.176. The van der Waals surface area contributed by atoms with E-state index in [9.17, 15) is 0 Å². The minimum atomic E-state index is -0.829. The van der Waals surface area contributed by atoms with Crippen molar-refractivity contribution in [2.45, 2.75) is 12.6 Å². The van der Waals surface area contributed by atoms with Crippen molar-refractivity contribution >= 4 is 27.5 Å². The van der Waals surface area contributed by atoms with Gasteiger partial charge in [-0.05, 0) is 31.2 Å². The molecule has 0 unspecified atom stereocenters. The molecule has 0 saturated carbocycles. The lowest BCUT2D eigenvalue weighted by molar-refractivity contribution is 0.414. The number of nitrogens with two attached hydrogens (primary N) is 1. The predicted molar refractivity (Wildman–Crippen MR) is 92.6 cm³/mol. The number of methoxy groups -OCH3 is 1. The highest BCUT2D eigenvalue weighted by Gasteiger charge is 2.38. The summed E-state index contributed by atoms with van der Waals surface area (Å²) in [6, 6.07) is 15.7. The van der Waals surface area contributed by atoms with E-state index in [1.807, 2.05) is 55.5 Å². The van der Waals surface area contributed by atoms with E-state index in [1.54, 1.807) is 7.11 Å². The number of hydrogen-bond acceptors (Lipinski definition) is 4. The van der Waals surface area contributed by atoms with Gasteiger partial charge in [0.2, 0.25) is 5.66 Å². The van der Waals surface area contributed by atoms with Crippen LogP contribution in [0.3, 0.4) is 0 Å². The molecule has 1 atom stereocenters. The first kappa shape index (κ1) is 14.8. The fourth-order valence-electron chi connectivity index (χ4n) is 2.53. The van der Waals surface area contributed by atoms with Gasteiger partial charge < -0.3 is 10.5 Å². The third kappa shape index (κ3) is 2.41. The SMILES string of the molecule is COc1ccc([C@]2(c3cccc(Br)c3)N=C(C)C(N)=N2)cc1. The molecule has 1 aliphatic rings. The summed E-state index contributed by atoms with van der Waals surface area (Å²) >= 11 is 3.51.